The van der Waals surface area contributed by atoms with Gasteiger partial charge in [0.25, 0.3) is 0 Å². The van der Waals surface area contributed by atoms with Gasteiger partial charge in [-0.25, -0.2) is 0 Å². The number of rotatable bonds is 1. The molecule has 0 amide bonds. The van der Waals surface area contributed by atoms with Crippen LogP contribution in [0.15, 0.2) is 0 Å². The molecule has 1 aliphatic rings. The summed E-state index contributed by atoms with van der Waals surface area (Å²) in [6, 6.07) is 0. The van der Waals surface area contributed by atoms with Crippen LogP contribution in [0.1, 0.15) is 53.9 Å². The first-order chi connectivity index (χ1) is 5.87. The van der Waals surface area contributed by atoms with Gasteiger partial charge in [-0.3, -0.25) is 0 Å². The van der Waals surface area contributed by atoms with Crippen LogP contribution in [0.5, 0.6) is 0 Å². The van der Waals surface area contributed by atoms with E-state index in [0.29, 0.717) is 17.6 Å². The van der Waals surface area contributed by atoms with E-state index < -0.39 is 0 Å². The normalized spacial score (nSPS) is 36.2. The average molecular weight is 184 g/mol. The molecule has 1 nitrogen and oxygen atoms in total. The van der Waals surface area contributed by atoms with E-state index in [1.807, 2.05) is 0 Å². The molecule has 13 heavy (non-hydrogen) atoms. The largest absolute Gasteiger partial charge is 0.376 e. The Balaban J connectivity index is 2.42. The summed E-state index contributed by atoms with van der Waals surface area (Å²) in [6.45, 7) is 11.4. The minimum Gasteiger partial charge on any atom is -0.376 e. The number of hydrogen-bond donors (Lipinski definition) is 0. The quantitative estimate of drug-likeness (QED) is 0.604. The van der Waals surface area contributed by atoms with Crippen molar-refractivity contribution in [3.8, 4) is 0 Å². The van der Waals surface area contributed by atoms with Crippen molar-refractivity contribution in [2.24, 2.45) is 11.3 Å². The van der Waals surface area contributed by atoms with E-state index in [9.17, 15) is 0 Å². The van der Waals surface area contributed by atoms with Crippen LogP contribution >= 0.6 is 0 Å². The summed E-state index contributed by atoms with van der Waals surface area (Å²) in [4.78, 5) is 0. The summed E-state index contributed by atoms with van der Waals surface area (Å²) in [6.07, 6.45) is 4.78. The third-order valence-electron chi connectivity index (χ3n) is 2.70. The maximum atomic E-state index is 5.73. The zero-order chi connectivity index (χ0) is 10.1. The highest BCUT2D eigenvalue weighted by Gasteiger charge is 2.27. The first-order valence-corrected chi connectivity index (χ1v) is 5.52. The Morgan fingerprint density at radius 1 is 1.08 bits per heavy atom. The minimum atomic E-state index is 0.469. The predicted molar refractivity (Wildman–Crippen MR) is 56.8 cm³/mol. The maximum Gasteiger partial charge on any atom is 0.0553 e. The second-order valence-corrected chi connectivity index (χ2v) is 5.86. The topological polar surface area (TPSA) is 9.23 Å². The molecule has 1 heteroatoms. The Hall–Kier alpha value is -0.0400. The molecule has 1 heterocycles. The van der Waals surface area contributed by atoms with Gasteiger partial charge in [-0.1, -0.05) is 20.8 Å². The molecule has 0 saturated carbocycles. The van der Waals surface area contributed by atoms with Crippen molar-refractivity contribution < 1.29 is 4.74 Å². The molecular formula is C12H24O. The molecule has 0 aliphatic carbocycles. The highest BCUT2D eigenvalue weighted by molar-refractivity contribution is 4.77. The van der Waals surface area contributed by atoms with Crippen LogP contribution < -0.4 is 0 Å². The average Bonchev–Trinajstić information content (AvgIpc) is 1.78. The van der Waals surface area contributed by atoms with Crippen molar-refractivity contribution in [3.63, 3.8) is 0 Å². The standard InChI is InChI=1S/C12H24O/c1-9-6-11(7-10(2)13-9)8-12(3,4)5/h9-11H,6-8H2,1-5H3. The lowest BCUT2D eigenvalue weighted by molar-refractivity contribution is -0.0583. The molecule has 2 atom stereocenters. The van der Waals surface area contributed by atoms with Gasteiger partial charge < -0.3 is 4.74 Å². The summed E-state index contributed by atoms with van der Waals surface area (Å²) < 4.78 is 5.73. The van der Waals surface area contributed by atoms with E-state index in [1.54, 1.807) is 0 Å². The van der Waals surface area contributed by atoms with Gasteiger partial charge >= 0.3 is 0 Å². The van der Waals surface area contributed by atoms with Crippen molar-refractivity contribution in [1.29, 1.82) is 0 Å². The van der Waals surface area contributed by atoms with Crippen molar-refractivity contribution in [2.75, 3.05) is 0 Å². The molecule has 0 radical (unpaired) electrons. The molecule has 1 rings (SSSR count). The second-order valence-electron chi connectivity index (χ2n) is 5.86. The molecule has 1 aliphatic heterocycles. The third kappa shape index (κ3) is 4.12. The molecule has 78 valence electrons. The van der Waals surface area contributed by atoms with E-state index in [2.05, 4.69) is 34.6 Å². The predicted octanol–water partition coefficient (Wildman–Crippen LogP) is 3.63. The minimum absolute atomic E-state index is 0.469. The van der Waals surface area contributed by atoms with Crippen molar-refractivity contribution in [3.05, 3.63) is 0 Å². The summed E-state index contributed by atoms with van der Waals surface area (Å²) in [7, 11) is 0. The highest BCUT2D eigenvalue weighted by atomic mass is 16.5. The zero-order valence-electron chi connectivity index (χ0n) is 9.76. The lowest BCUT2D eigenvalue weighted by atomic mass is 9.79. The molecular weight excluding hydrogens is 160 g/mol. The van der Waals surface area contributed by atoms with Crippen LogP contribution in [0.4, 0.5) is 0 Å². The van der Waals surface area contributed by atoms with Crippen molar-refractivity contribution >= 4 is 0 Å². The van der Waals surface area contributed by atoms with Gasteiger partial charge in [-0.2, -0.15) is 0 Å². The highest BCUT2D eigenvalue weighted by Crippen LogP contribution is 2.34. The Morgan fingerprint density at radius 2 is 1.54 bits per heavy atom. The molecule has 0 spiro atoms. The molecule has 0 bridgehead atoms. The maximum absolute atomic E-state index is 5.73. The van der Waals surface area contributed by atoms with Crippen molar-refractivity contribution in [2.45, 2.75) is 66.1 Å². The third-order valence-corrected chi connectivity index (χ3v) is 2.70. The van der Waals surface area contributed by atoms with Gasteiger partial charge in [0, 0.05) is 0 Å². The smallest absolute Gasteiger partial charge is 0.0553 e. The van der Waals surface area contributed by atoms with E-state index >= 15 is 0 Å². The molecule has 1 fully saturated rings. The molecule has 0 aromatic rings. The summed E-state index contributed by atoms with van der Waals surface area (Å²) >= 11 is 0. The molecule has 2 unspecified atom stereocenters. The fraction of sp³-hybridized carbons (Fsp3) is 1.00. The van der Waals surface area contributed by atoms with Gasteiger partial charge in [0.05, 0.1) is 12.2 Å². The first kappa shape index (κ1) is 11.0. The fourth-order valence-electron chi connectivity index (χ4n) is 2.58. The Morgan fingerprint density at radius 3 is 1.92 bits per heavy atom. The molecule has 1 saturated heterocycles. The number of hydrogen-bond acceptors (Lipinski definition) is 1. The van der Waals surface area contributed by atoms with Crippen LogP contribution in [0, 0.1) is 11.3 Å². The zero-order valence-corrected chi connectivity index (χ0v) is 9.76. The van der Waals surface area contributed by atoms with Gasteiger partial charge in [-0.05, 0) is 44.4 Å². The van der Waals surface area contributed by atoms with E-state index in [4.69, 9.17) is 4.74 Å². The van der Waals surface area contributed by atoms with Crippen LogP contribution in [0.2, 0.25) is 0 Å². The Bertz CT molecular complexity index is 147. The Labute approximate surface area is 82.9 Å². The first-order valence-electron chi connectivity index (χ1n) is 5.52. The van der Waals surface area contributed by atoms with E-state index in [1.165, 1.54) is 19.3 Å². The van der Waals surface area contributed by atoms with Gasteiger partial charge in [0.15, 0.2) is 0 Å². The lowest BCUT2D eigenvalue weighted by Gasteiger charge is -2.35. The summed E-state index contributed by atoms with van der Waals surface area (Å²) in [5, 5.41) is 0. The van der Waals surface area contributed by atoms with Gasteiger partial charge in [0.1, 0.15) is 0 Å². The second kappa shape index (κ2) is 4.00. The van der Waals surface area contributed by atoms with Crippen LogP contribution in [0.3, 0.4) is 0 Å². The van der Waals surface area contributed by atoms with Crippen molar-refractivity contribution in [1.82, 2.24) is 0 Å². The molecule has 0 aromatic heterocycles. The number of ether oxygens (including phenoxy) is 1. The fourth-order valence-corrected chi connectivity index (χ4v) is 2.58. The lowest BCUT2D eigenvalue weighted by Crippen LogP contribution is -2.31. The van der Waals surface area contributed by atoms with Crippen LogP contribution in [-0.4, -0.2) is 12.2 Å². The van der Waals surface area contributed by atoms with Gasteiger partial charge in [-0.15, -0.1) is 0 Å². The van der Waals surface area contributed by atoms with Crippen LogP contribution in [0.25, 0.3) is 0 Å². The van der Waals surface area contributed by atoms with Crippen LogP contribution in [-0.2, 0) is 4.74 Å². The Kier molecular flexibility index (Phi) is 3.39. The summed E-state index contributed by atoms with van der Waals surface area (Å²) in [5.74, 6) is 0.874. The van der Waals surface area contributed by atoms with E-state index in [-0.39, 0.29) is 0 Å². The van der Waals surface area contributed by atoms with E-state index in [0.717, 1.165) is 5.92 Å². The monoisotopic (exact) mass is 184 g/mol. The molecule has 0 N–H and O–H groups in total. The summed E-state index contributed by atoms with van der Waals surface area (Å²) in [5.41, 5.74) is 0.474. The SMILES string of the molecule is CC1CC(CC(C)(C)C)CC(C)O1. The van der Waals surface area contributed by atoms with Gasteiger partial charge in [0.2, 0.25) is 0 Å². The molecule has 0 aromatic carbocycles.